The largest absolute Gasteiger partial charge is 0.446 e. The van der Waals surface area contributed by atoms with Crippen molar-refractivity contribution in [3.63, 3.8) is 0 Å². The third kappa shape index (κ3) is 5.55. The molecule has 6 heteroatoms. The van der Waals surface area contributed by atoms with Crippen molar-refractivity contribution in [1.29, 1.82) is 0 Å². The molecule has 154 valence electrons. The van der Waals surface area contributed by atoms with Crippen molar-refractivity contribution >= 4 is 20.3 Å². The highest BCUT2D eigenvalue weighted by Gasteiger charge is 2.38. The fourth-order valence-corrected chi connectivity index (χ4v) is 3.92. The lowest BCUT2D eigenvalue weighted by atomic mass is 10.1. The SMILES string of the molecule is C/C(=C\C(=O)N1C(=O)OC[C@@H]1c1ccccc1)CCCO[Si](C)(C)C(C)(C)C. The Morgan fingerprint density at radius 1 is 1.29 bits per heavy atom. The van der Waals surface area contributed by atoms with E-state index < -0.39 is 14.4 Å². The van der Waals surface area contributed by atoms with Gasteiger partial charge in [-0.05, 0) is 43.5 Å². The molecule has 0 N–H and O–H groups in total. The van der Waals surface area contributed by atoms with Gasteiger partial charge in [-0.1, -0.05) is 56.7 Å². The minimum Gasteiger partial charge on any atom is -0.446 e. The van der Waals surface area contributed by atoms with Gasteiger partial charge >= 0.3 is 6.09 Å². The summed E-state index contributed by atoms with van der Waals surface area (Å²) in [5.74, 6) is -0.320. The molecule has 1 heterocycles. The number of ether oxygens (including phenoxy) is 1. The maximum atomic E-state index is 12.7. The minimum atomic E-state index is -1.74. The molecule has 0 bridgehead atoms. The van der Waals surface area contributed by atoms with E-state index in [0.717, 1.165) is 24.0 Å². The first-order valence-electron chi connectivity index (χ1n) is 9.89. The second-order valence-electron chi connectivity index (χ2n) is 8.91. The normalized spacial score (nSPS) is 18.4. The number of hydrogen-bond acceptors (Lipinski definition) is 4. The average Bonchev–Trinajstić information content (AvgIpc) is 3.00. The van der Waals surface area contributed by atoms with Crippen LogP contribution in [0.1, 0.15) is 52.1 Å². The Bertz CT molecular complexity index is 722. The van der Waals surface area contributed by atoms with Gasteiger partial charge in [0.25, 0.3) is 5.91 Å². The van der Waals surface area contributed by atoms with Crippen molar-refractivity contribution in [2.24, 2.45) is 0 Å². The van der Waals surface area contributed by atoms with Crippen LogP contribution in [0.15, 0.2) is 42.0 Å². The number of carbonyl (C=O) groups is 2. The Hall–Kier alpha value is -1.92. The first kappa shape index (κ1) is 22.4. The average molecular weight is 404 g/mol. The van der Waals surface area contributed by atoms with E-state index in [4.69, 9.17) is 9.16 Å². The number of carbonyl (C=O) groups excluding carboxylic acids is 2. The molecule has 1 aromatic rings. The third-order valence-corrected chi connectivity index (χ3v) is 10.2. The van der Waals surface area contributed by atoms with Crippen LogP contribution in [-0.2, 0) is 14.0 Å². The van der Waals surface area contributed by atoms with E-state index in [1.54, 1.807) is 6.08 Å². The molecule has 1 saturated heterocycles. The molecule has 28 heavy (non-hydrogen) atoms. The van der Waals surface area contributed by atoms with Gasteiger partial charge in [-0.25, -0.2) is 9.69 Å². The minimum absolute atomic E-state index is 0.191. The van der Waals surface area contributed by atoms with Gasteiger partial charge in [0.05, 0.1) is 0 Å². The highest BCUT2D eigenvalue weighted by molar-refractivity contribution is 6.74. The number of rotatable bonds is 7. The Morgan fingerprint density at radius 3 is 2.54 bits per heavy atom. The summed E-state index contributed by atoms with van der Waals surface area (Å²) in [7, 11) is -1.74. The summed E-state index contributed by atoms with van der Waals surface area (Å²) in [5.41, 5.74) is 1.84. The third-order valence-electron chi connectivity index (χ3n) is 5.65. The van der Waals surface area contributed by atoms with Crippen LogP contribution in [0, 0.1) is 0 Å². The van der Waals surface area contributed by atoms with Gasteiger partial charge in [0.1, 0.15) is 12.6 Å². The summed E-state index contributed by atoms with van der Waals surface area (Å²) in [6.45, 7) is 14.0. The van der Waals surface area contributed by atoms with Crippen LogP contribution in [0.2, 0.25) is 18.1 Å². The van der Waals surface area contributed by atoms with Crippen molar-refractivity contribution in [3.8, 4) is 0 Å². The summed E-state index contributed by atoms with van der Waals surface area (Å²) in [4.78, 5) is 26.0. The van der Waals surface area contributed by atoms with Crippen LogP contribution in [0.5, 0.6) is 0 Å². The molecule has 0 aliphatic carbocycles. The summed E-state index contributed by atoms with van der Waals surface area (Å²) < 4.78 is 11.3. The zero-order valence-corrected chi connectivity index (χ0v) is 19.0. The van der Waals surface area contributed by atoms with Crippen LogP contribution in [0.4, 0.5) is 4.79 Å². The molecule has 1 aliphatic heterocycles. The summed E-state index contributed by atoms with van der Waals surface area (Å²) in [6.07, 6.45) is 2.59. The standard InChI is InChI=1S/C22H33NO4Si/c1-17(11-10-14-27-28(5,6)22(2,3)4)15-20(24)23-19(16-26-21(23)25)18-12-8-7-9-13-18/h7-9,12-13,15,19H,10-11,14,16H2,1-6H3/b17-15+/t19-/m1/s1. The molecule has 0 radical (unpaired) electrons. The number of hydrogen-bond donors (Lipinski definition) is 0. The lowest BCUT2D eigenvalue weighted by molar-refractivity contribution is -0.124. The Labute approximate surface area is 169 Å². The predicted octanol–water partition coefficient (Wildman–Crippen LogP) is 5.45. The summed E-state index contributed by atoms with van der Waals surface area (Å²) in [5, 5.41) is 0.191. The van der Waals surface area contributed by atoms with Crippen molar-refractivity contribution in [1.82, 2.24) is 4.90 Å². The van der Waals surface area contributed by atoms with Crippen molar-refractivity contribution in [3.05, 3.63) is 47.5 Å². The fourth-order valence-electron chi connectivity index (χ4n) is 2.83. The molecule has 0 saturated carbocycles. The predicted molar refractivity (Wildman–Crippen MR) is 114 cm³/mol. The van der Waals surface area contributed by atoms with Crippen molar-refractivity contribution in [2.75, 3.05) is 13.2 Å². The van der Waals surface area contributed by atoms with E-state index in [1.165, 1.54) is 4.90 Å². The molecule has 1 aliphatic rings. The zero-order valence-electron chi connectivity index (χ0n) is 18.0. The Morgan fingerprint density at radius 2 is 1.93 bits per heavy atom. The van der Waals surface area contributed by atoms with Crippen LogP contribution in [-0.4, -0.2) is 38.4 Å². The monoisotopic (exact) mass is 403 g/mol. The maximum Gasteiger partial charge on any atom is 0.417 e. The van der Waals surface area contributed by atoms with Gasteiger partial charge in [-0.2, -0.15) is 0 Å². The molecule has 1 fully saturated rings. The summed E-state index contributed by atoms with van der Waals surface area (Å²) >= 11 is 0. The van der Waals surface area contributed by atoms with Crippen LogP contribution >= 0.6 is 0 Å². The molecule has 2 amide bonds. The van der Waals surface area contributed by atoms with E-state index in [1.807, 2.05) is 37.3 Å². The molecule has 0 spiro atoms. The lowest BCUT2D eigenvalue weighted by Gasteiger charge is -2.36. The number of allylic oxidation sites excluding steroid dienone is 1. The number of nitrogens with zero attached hydrogens (tertiary/aromatic N) is 1. The highest BCUT2D eigenvalue weighted by Crippen LogP contribution is 2.36. The number of imide groups is 1. The van der Waals surface area contributed by atoms with Gasteiger partial charge in [-0.15, -0.1) is 0 Å². The van der Waals surface area contributed by atoms with Crippen molar-refractivity contribution < 1.29 is 18.8 Å². The topological polar surface area (TPSA) is 55.8 Å². The van der Waals surface area contributed by atoms with E-state index in [2.05, 4.69) is 33.9 Å². The second kappa shape index (κ2) is 9.05. The lowest BCUT2D eigenvalue weighted by Crippen LogP contribution is -2.40. The maximum absolute atomic E-state index is 12.7. The zero-order chi connectivity index (χ0) is 20.9. The van der Waals surface area contributed by atoms with Gasteiger partial charge in [-0.3, -0.25) is 4.79 Å². The summed E-state index contributed by atoms with van der Waals surface area (Å²) in [6, 6.07) is 9.13. The van der Waals surface area contributed by atoms with Gasteiger partial charge < -0.3 is 9.16 Å². The van der Waals surface area contributed by atoms with Gasteiger partial charge in [0.2, 0.25) is 0 Å². The smallest absolute Gasteiger partial charge is 0.417 e. The number of benzene rings is 1. The molecule has 0 unspecified atom stereocenters. The number of cyclic esters (lactones) is 1. The van der Waals surface area contributed by atoms with Crippen LogP contribution < -0.4 is 0 Å². The van der Waals surface area contributed by atoms with E-state index >= 15 is 0 Å². The van der Waals surface area contributed by atoms with Crippen LogP contribution in [0.25, 0.3) is 0 Å². The van der Waals surface area contributed by atoms with Crippen molar-refractivity contribution in [2.45, 2.75) is 64.7 Å². The molecule has 1 atom stereocenters. The molecule has 5 nitrogen and oxygen atoms in total. The first-order chi connectivity index (χ1) is 13.0. The Balaban J connectivity index is 1.92. The highest BCUT2D eigenvalue weighted by atomic mass is 28.4. The fraction of sp³-hybridized carbons (Fsp3) is 0.545. The molecule has 1 aromatic carbocycles. The first-order valence-corrected chi connectivity index (χ1v) is 12.8. The van der Waals surface area contributed by atoms with E-state index in [-0.39, 0.29) is 23.6 Å². The molecular weight excluding hydrogens is 370 g/mol. The van der Waals surface area contributed by atoms with E-state index in [0.29, 0.717) is 6.61 Å². The molecule has 2 rings (SSSR count). The molecule has 0 aromatic heterocycles. The second-order valence-corrected chi connectivity index (χ2v) is 13.7. The number of amides is 2. The molecular formula is C22H33NO4Si. The van der Waals surface area contributed by atoms with Gasteiger partial charge in [0, 0.05) is 12.7 Å². The van der Waals surface area contributed by atoms with E-state index in [9.17, 15) is 9.59 Å². The van der Waals surface area contributed by atoms with Crippen LogP contribution in [0.3, 0.4) is 0 Å². The van der Waals surface area contributed by atoms with Gasteiger partial charge in [0.15, 0.2) is 8.32 Å². The quantitative estimate of drug-likeness (QED) is 0.345. The Kier molecular flexibility index (Phi) is 7.23.